The molecule has 94 valence electrons. The van der Waals surface area contributed by atoms with Gasteiger partial charge in [-0.05, 0) is 20.3 Å². The Labute approximate surface area is 108 Å². The molecule has 0 aliphatic carbocycles. The Bertz CT molecular complexity index is 317. The van der Waals surface area contributed by atoms with Gasteiger partial charge in [-0.1, -0.05) is 0 Å². The van der Waals surface area contributed by atoms with Crippen LogP contribution in [0.3, 0.4) is 0 Å². The van der Waals surface area contributed by atoms with Crippen LogP contribution in [0.25, 0.3) is 0 Å². The quantitative estimate of drug-likeness (QED) is 0.893. The monoisotopic (exact) mass is 267 g/mol. The van der Waals surface area contributed by atoms with Crippen molar-refractivity contribution in [2.24, 2.45) is 5.73 Å². The van der Waals surface area contributed by atoms with E-state index in [0.29, 0.717) is 6.04 Å². The lowest BCUT2D eigenvalue weighted by atomic mass is 10.1. The van der Waals surface area contributed by atoms with Crippen LogP contribution >= 0.6 is 24.8 Å². The SMILES string of the molecule is CC(C)n1cc([C@@H]2OCC[C@H]2N)cn1.Cl.Cl. The smallest absolute Gasteiger partial charge is 0.101 e. The Morgan fingerprint density at radius 2 is 2.19 bits per heavy atom. The van der Waals surface area contributed by atoms with Gasteiger partial charge in [-0.25, -0.2) is 0 Å². The molecule has 0 spiro atoms. The van der Waals surface area contributed by atoms with Gasteiger partial charge in [0.25, 0.3) is 0 Å². The van der Waals surface area contributed by atoms with Crippen molar-refractivity contribution in [3.05, 3.63) is 18.0 Å². The van der Waals surface area contributed by atoms with Crippen molar-refractivity contribution >= 4 is 24.8 Å². The first-order valence-corrected chi connectivity index (χ1v) is 5.09. The lowest BCUT2D eigenvalue weighted by Crippen LogP contribution is -2.23. The van der Waals surface area contributed by atoms with E-state index in [1.165, 1.54) is 0 Å². The average molecular weight is 268 g/mol. The molecule has 6 heteroatoms. The Balaban J connectivity index is 0.00000112. The largest absolute Gasteiger partial charge is 0.372 e. The van der Waals surface area contributed by atoms with E-state index in [2.05, 4.69) is 18.9 Å². The highest BCUT2D eigenvalue weighted by molar-refractivity contribution is 5.85. The molecule has 16 heavy (non-hydrogen) atoms. The molecule has 2 N–H and O–H groups in total. The van der Waals surface area contributed by atoms with Gasteiger partial charge in [0.1, 0.15) is 6.10 Å². The Kier molecular flexibility index (Phi) is 6.33. The Morgan fingerprint density at radius 3 is 2.62 bits per heavy atom. The predicted molar refractivity (Wildman–Crippen MR) is 68.4 cm³/mol. The zero-order valence-electron chi connectivity index (χ0n) is 9.50. The van der Waals surface area contributed by atoms with Crippen molar-refractivity contribution < 1.29 is 4.74 Å². The highest BCUT2D eigenvalue weighted by Gasteiger charge is 2.27. The molecule has 2 heterocycles. The van der Waals surface area contributed by atoms with Crippen LogP contribution < -0.4 is 5.73 Å². The summed E-state index contributed by atoms with van der Waals surface area (Å²) in [7, 11) is 0. The second kappa shape index (κ2) is 6.45. The van der Waals surface area contributed by atoms with E-state index < -0.39 is 0 Å². The second-order valence-electron chi connectivity index (χ2n) is 4.09. The number of nitrogens with zero attached hydrogens (tertiary/aromatic N) is 2. The number of halogens is 2. The lowest BCUT2D eigenvalue weighted by Gasteiger charge is -2.11. The van der Waals surface area contributed by atoms with Gasteiger partial charge in [0.2, 0.25) is 0 Å². The fourth-order valence-electron chi connectivity index (χ4n) is 1.73. The first kappa shape index (κ1) is 15.7. The molecule has 4 nitrogen and oxygen atoms in total. The Hall–Kier alpha value is -0.290. The van der Waals surface area contributed by atoms with Crippen molar-refractivity contribution in [1.82, 2.24) is 9.78 Å². The van der Waals surface area contributed by atoms with Crippen molar-refractivity contribution in [3.8, 4) is 0 Å². The molecule has 1 aliphatic heterocycles. The van der Waals surface area contributed by atoms with Crippen LogP contribution in [0.1, 0.15) is 38.0 Å². The standard InChI is InChI=1S/C10H17N3O.2ClH/c1-7(2)13-6-8(5-12-13)10-9(11)3-4-14-10;;/h5-7,9-10H,3-4,11H2,1-2H3;2*1H/t9-,10+;;/m1../s1. The highest BCUT2D eigenvalue weighted by Crippen LogP contribution is 2.27. The molecule has 2 atom stereocenters. The van der Waals surface area contributed by atoms with E-state index in [1.807, 2.05) is 17.1 Å². The summed E-state index contributed by atoms with van der Waals surface area (Å²) in [6.07, 6.45) is 4.87. The first-order valence-electron chi connectivity index (χ1n) is 5.09. The highest BCUT2D eigenvalue weighted by atomic mass is 35.5. The summed E-state index contributed by atoms with van der Waals surface area (Å²) >= 11 is 0. The van der Waals surface area contributed by atoms with Gasteiger partial charge in [0, 0.05) is 30.5 Å². The number of ether oxygens (including phenoxy) is 1. The summed E-state index contributed by atoms with van der Waals surface area (Å²) in [5.41, 5.74) is 7.03. The van der Waals surface area contributed by atoms with Crippen LogP contribution in [0.2, 0.25) is 0 Å². The van der Waals surface area contributed by atoms with Crippen LogP contribution in [-0.4, -0.2) is 22.4 Å². The molecular weight excluding hydrogens is 249 g/mol. The molecule has 1 fully saturated rings. The minimum Gasteiger partial charge on any atom is -0.372 e. The number of hydrogen-bond donors (Lipinski definition) is 1. The maximum absolute atomic E-state index is 5.93. The van der Waals surface area contributed by atoms with Crippen LogP contribution in [0.4, 0.5) is 0 Å². The zero-order valence-corrected chi connectivity index (χ0v) is 11.1. The van der Waals surface area contributed by atoms with E-state index in [4.69, 9.17) is 10.5 Å². The molecule has 1 aromatic rings. The topological polar surface area (TPSA) is 53.1 Å². The maximum atomic E-state index is 5.93. The third-order valence-corrected chi connectivity index (χ3v) is 2.62. The fourth-order valence-corrected chi connectivity index (χ4v) is 1.73. The predicted octanol–water partition coefficient (Wildman–Crippen LogP) is 2.10. The van der Waals surface area contributed by atoms with Crippen LogP contribution in [-0.2, 0) is 4.74 Å². The molecule has 1 saturated heterocycles. The maximum Gasteiger partial charge on any atom is 0.101 e. The van der Waals surface area contributed by atoms with E-state index in [0.717, 1.165) is 18.6 Å². The van der Waals surface area contributed by atoms with Crippen LogP contribution in [0.15, 0.2) is 12.4 Å². The van der Waals surface area contributed by atoms with Crippen molar-refractivity contribution in [3.63, 3.8) is 0 Å². The van der Waals surface area contributed by atoms with Crippen LogP contribution in [0.5, 0.6) is 0 Å². The summed E-state index contributed by atoms with van der Waals surface area (Å²) < 4.78 is 7.50. The number of hydrogen-bond acceptors (Lipinski definition) is 3. The van der Waals surface area contributed by atoms with E-state index in [9.17, 15) is 0 Å². The summed E-state index contributed by atoms with van der Waals surface area (Å²) in [4.78, 5) is 0. The van der Waals surface area contributed by atoms with E-state index >= 15 is 0 Å². The molecule has 1 aromatic heterocycles. The van der Waals surface area contributed by atoms with Gasteiger partial charge in [-0.15, -0.1) is 24.8 Å². The average Bonchev–Trinajstić information content (AvgIpc) is 2.71. The second-order valence-corrected chi connectivity index (χ2v) is 4.09. The minimum absolute atomic E-state index is 0. The van der Waals surface area contributed by atoms with Crippen LogP contribution in [0, 0.1) is 0 Å². The molecule has 0 aromatic carbocycles. The number of rotatable bonds is 2. The van der Waals surface area contributed by atoms with Gasteiger partial charge < -0.3 is 10.5 Å². The molecule has 0 amide bonds. The molecule has 2 rings (SSSR count). The van der Waals surface area contributed by atoms with Crippen molar-refractivity contribution in [2.45, 2.75) is 38.5 Å². The Morgan fingerprint density at radius 1 is 1.50 bits per heavy atom. The van der Waals surface area contributed by atoms with Gasteiger partial charge in [0.05, 0.1) is 6.20 Å². The van der Waals surface area contributed by atoms with Crippen molar-refractivity contribution in [1.29, 1.82) is 0 Å². The summed E-state index contributed by atoms with van der Waals surface area (Å²) in [5.74, 6) is 0. The van der Waals surface area contributed by atoms with Crippen molar-refractivity contribution in [2.75, 3.05) is 6.61 Å². The lowest BCUT2D eigenvalue weighted by molar-refractivity contribution is 0.105. The summed E-state index contributed by atoms with van der Waals surface area (Å²) in [5, 5.41) is 4.28. The fraction of sp³-hybridized carbons (Fsp3) is 0.700. The summed E-state index contributed by atoms with van der Waals surface area (Å²) in [6.45, 7) is 4.97. The normalized spacial score (nSPS) is 24.0. The van der Waals surface area contributed by atoms with E-state index in [-0.39, 0.29) is 37.0 Å². The van der Waals surface area contributed by atoms with Gasteiger partial charge in [0.15, 0.2) is 0 Å². The molecule has 0 unspecified atom stereocenters. The molecular formula is C10H19Cl2N3O. The molecule has 0 bridgehead atoms. The zero-order chi connectivity index (χ0) is 10.1. The molecule has 0 saturated carbocycles. The third-order valence-electron chi connectivity index (χ3n) is 2.62. The molecule has 0 radical (unpaired) electrons. The van der Waals surface area contributed by atoms with Gasteiger partial charge >= 0.3 is 0 Å². The molecule has 1 aliphatic rings. The number of nitrogens with two attached hydrogens (primary N) is 1. The van der Waals surface area contributed by atoms with Gasteiger partial charge in [-0.3, -0.25) is 4.68 Å². The van der Waals surface area contributed by atoms with E-state index in [1.54, 1.807) is 0 Å². The first-order chi connectivity index (χ1) is 6.68. The van der Waals surface area contributed by atoms with Gasteiger partial charge in [-0.2, -0.15) is 5.10 Å². The minimum atomic E-state index is 0. The summed E-state index contributed by atoms with van der Waals surface area (Å²) in [6, 6.07) is 0.515. The number of aromatic nitrogens is 2. The third kappa shape index (κ3) is 3.10.